The number of rotatable bonds is 2. The van der Waals surface area contributed by atoms with E-state index in [4.69, 9.17) is 11.6 Å². The lowest BCUT2D eigenvalue weighted by molar-refractivity contribution is 0.457. The number of aromatic nitrogens is 2. The Morgan fingerprint density at radius 3 is 2.33 bits per heavy atom. The second-order valence-corrected chi connectivity index (χ2v) is 5.67. The number of halogens is 1. The Morgan fingerprint density at radius 2 is 1.87 bits per heavy atom. The molecule has 1 aromatic rings. The molecule has 15 heavy (non-hydrogen) atoms. The third-order valence-corrected chi connectivity index (χ3v) is 4.14. The van der Waals surface area contributed by atoms with Crippen molar-refractivity contribution < 1.29 is 0 Å². The molecule has 0 radical (unpaired) electrons. The van der Waals surface area contributed by atoms with Crippen molar-refractivity contribution in [1.82, 2.24) is 10.2 Å². The van der Waals surface area contributed by atoms with Crippen LogP contribution >= 0.6 is 11.6 Å². The van der Waals surface area contributed by atoms with E-state index < -0.39 is 0 Å². The summed E-state index contributed by atoms with van der Waals surface area (Å²) in [4.78, 5) is 0. The van der Waals surface area contributed by atoms with Gasteiger partial charge in [-0.1, -0.05) is 39.3 Å². The molecule has 0 spiro atoms. The molecular weight excluding hydrogens is 210 g/mol. The third kappa shape index (κ3) is 1.59. The van der Waals surface area contributed by atoms with E-state index in [2.05, 4.69) is 43.2 Å². The Balaban J connectivity index is 2.12. The van der Waals surface area contributed by atoms with E-state index in [1.165, 1.54) is 0 Å². The van der Waals surface area contributed by atoms with Gasteiger partial charge in [0.2, 0.25) is 0 Å². The van der Waals surface area contributed by atoms with E-state index in [-0.39, 0.29) is 0 Å². The molecule has 0 aliphatic heterocycles. The fourth-order valence-electron chi connectivity index (χ4n) is 2.14. The number of nitrogens with zero attached hydrogens (tertiary/aromatic N) is 2. The van der Waals surface area contributed by atoms with Gasteiger partial charge in [-0.05, 0) is 10.8 Å². The van der Waals surface area contributed by atoms with Crippen LogP contribution in [-0.4, -0.2) is 16.2 Å². The molecule has 0 bridgehead atoms. The Kier molecular flexibility index (Phi) is 2.19. The second kappa shape index (κ2) is 3.08. The second-order valence-electron chi connectivity index (χ2n) is 5.29. The Morgan fingerprint density at radius 1 is 1.27 bits per heavy atom. The highest BCUT2D eigenvalue weighted by molar-refractivity contribution is 6.29. The van der Waals surface area contributed by atoms with Gasteiger partial charge in [-0.2, -0.15) is 5.10 Å². The van der Waals surface area contributed by atoms with Gasteiger partial charge >= 0.3 is 0 Å². The molecule has 1 heterocycles. The number of hydrogen-bond donors (Lipinski definition) is 1. The highest BCUT2D eigenvalue weighted by atomic mass is 35.5. The van der Waals surface area contributed by atoms with Crippen LogP contribution in [0.1, 0.15) is 27.7 Å². The number of nitrogens with one attached hydrogen (secondary N) is 1. The van der Waals surface area contributed by atoms with Crippen molar-refractivity contribution in [2.24, 2.45) is 10.8 Å². The summed E-state index contributed by atoms with van der Waals surface area (Å²) < 4.78 is 0. The van der Waals surface area contributed by atoms with Gasteiger partial charge in [0.25, 0.3) is 0 Å². The van der Waals surface area contributed by atoms with Gasteiger partial charge in [-0.15, -0.1) is 5.10 Å². The van der Waals surface area contributed by atoms with Crippen LogP contribution in [0.25, 0.3) is 0 Å². The van der Waals surface area contributed by atoms with Gasteiger partial charge in [0.15, 0.2) is 5.15 Å². The highest BCUT2D eigenvalue weighted by Crippen LogP contribution is 2.63. The molecule has 1 aliphatic rings. The molecule has 1 fully saturated rings. The topological polar surface area (TPSA) is 37.8 Å². The molecule has 0 atom stereocenters. The lowest BCUT2D eigenvalue weighted by Crippen LogP contribution is -2.10. The summed E-state index contributed by atoms with van der Waals surface area (Å²) in [7, 11) is 0. The average molecular weight is 226 g/mol. The molecule has 2 rings (SSSR count). The quantitative estimate of drug-likeness (QED) is 0.841. The fourth-order valence-corrected chi connectivity index (χ4v) is 2.30. The third-order valence-electron chi connectivity index (χ3n) is 3.96. The normalized spacial score (nSPS) is 22.5. The van der Waals surface area contributed by atoms with Crippen LogP contribution in [0.5, 0.6) is 0 Å². The first kappa shape index (κ1) is 10.7. The lowest BCUT2D eigenvalue weighted by Gasteiger charge is -2.07. The Bertz CT molecular complexity index is 373. The van der Waals surface area contributed by atoms with Gasteiger partial charge in [0.05, 0.1) is 11.9 Å². The van der Waals surface area contributed by atoms with E-state index >= 15 is 0 Å². The molecule has 4 heteroatoms. The van der Waals surface area contributed by atoms with Crippen molar-refractivity contribution in [3.05, 3.63) is 17.4 Å². The zero-order valence-corrected chi connectivity index (χ0v) is 10.3. The smallest absolute Gasteiger partial charge is 0.153 e. The van der Waals surface area contributed by atoms with Crippen molar-refractivity contribution in [1.29, 1.82) is 0 Å². The van der Waals surface area contributed by atoms with E-state index in [0.29, 0.717) is 22.0 Å². The van der Waals surface area contributed by atoms with Crippen LogP contribution in [0.2, 0.25) is 5.15 Å². The maximum Gasteiger partial charge on any atom is 0.153 e. The maximum atomic E-state index is 5.78. The summed E-state index contributed by atoms with van der Waals surface area (Å²) in [5.41, 5.74) is 1.56. The molecule has 0 unspecified atom stereocenters. The van der Waals surface area contributed by atoms with Crippen molar-refractivity contribution >= 4 is 17.3 Å². The zero-order valence-electron chi connectivity index (χ0n) is 9.50. The van der Waals surface area contributed by atoms with Crippen molar-refractivity contribution in [2.75, 3.05) is 5.32 Å². The molecule has 82 valence electrons. The van der Waals surface area contributed by atoms with E-state index in [0.717, 1.165) is 5.69 Å². The van der Waals surface area contributed by atoms with Crippen molar-refractivity contribution in [3.63, 3.8) is 0 Å². The molecular formula is C11H16ClN3. The van der Waals surface area contributed by atoms with Crippen molar-refractivity contribution in [3.8, 4) is 0 Å². The first-order valence-electron chi connectivity index (χ1n) is 5.10. The molecule has 1 N–H and O–H groups in total. The minimum absolute atomic E-state index is 0.308. The number of anilines is 1. The van der Waals surface area contributed by atoms with E-state index in [1.54, 1.807) is 12.3 Å². The molecule has 0 saturated heterocycles. The standard InChI is InChI=1S/C11H16ClN3/c1-10(2)9(11(10,3)4)14-7-5-8(12)15-13-6-7/h5-6,9H,1-4H3,(H,14,15). The summed E-state index contributed by atoms with van der Waals surface area (Å²) in [6.07, 6.45) is 1.70. The van der Waals surface area contributed by atoms with E-state index in [9.17, 15) is 0 Å². The van der Waals surface area contributed by atoms with Crippen LogP contribution < -0.4 is 5.32 Å². The van der Waals surface area contributed by atoms with Gasteiger partial charge in [0.1, 0.15) is 0 Å². The molecule has 1 aromatic heterocycles. The molecule has 1 aliphatic carbocycles. The summed E-state index contributed by atoms with van der Waals surface area (Å²) in [6.45, 7) is 9.06. The average Bonchev–Trinajstić information content (AvgIpc) is 2.48. The molecule has 0 aromatic carbocycles. The van der Waals surface area contributed by atoms with Gasteiger partial charge < -0.3 is 5.32 Å². The summed E-state index contributed by atoms with van der Waals surface area (Å²) in [6, 6.07) is 2.27. The molecule has 1 saturated carbocycles. The molecule has 3 nitrogen and oxygen atoms in total. The fraction of sp³-hybridized carbons (Fsp3) is 0.636. The van der Waals surface area contributed by atoms with Gasteiger partial charge in [-0.25, -0.2) is 0 Å². The first-order chi connectivity index (χ1) is 6.85. The minimum Gasteiger partial charge on any atom is -0.380 e. The Hall–Kier alpha value is -0.830. The van der Waals surface area contributed by atoms with Crippen molar-refractivity contribution in [2.45, 2.75) is 33.7 Å². The number of hydrogen-bond acceptors (Lipinski definition) is 3. The van der Waals surface area contributed by atoms with Crippen LogP contribution in [0.15, 0.2) is 12.3 Å². The Labute approximate surface area is 95.2 Å². The highest BCUT2D eigenvalue weighted by Gasteiger charge is 2.64. The monoisotopic (exact) mass is 225 g/mol. The minimum atomic E-state index is 0.308. The largest absolute Gasteiger partial charge is 0.380 e. The summed E-state index contributed by atoms with van der Waals surface area (Å²) in [5.74, 6) is 0. The first-order valence-corrected chi connectivity index (χ1v) is 5.48. The van der Waals surface area contributed by atoms with E-state index in [1.807, 2.05) is 0 Å². The van der Waals surface area contributed by atoms with Crippen LogP contribution in [0, 0.1) is 10.8 Å². The van der Waals surface area contributed by atoms with Gasteiger partial charge in [0, 0.05) is 12.1 Å². The van der Waals surface area contributed by atoms with Crippen LogP contribution in [0.4, 0.5) is 5.69 Å². The predicted molar refractivity (Wildman–Crippen MR) is 62.0 cm³/mol. The summed E-state index contributed by atoms with van der Waals surface area (Å²) in [5, 5.41) is 11.4. The SMILES string of the molecule is CC1(C)C(Nc2cnnc(Cl)c2)C1(C)C. The lowest BCUT2D eigenvalue weighted by atomic mass is 10.0. The predicted octanol–water partition coefficient (Wildman–Crippen LogP) is 2.98. The summed E-state index contributed by atoms with van der Waals surface area (Å²) >= 11 is 5.78. The molecule has 0 amide bonds. The van der Waals surface area contributed by atoms with Crippen LogP contribution in [0.3, 0.4) is 0 Å². The maximum absolute atomic E-state index is 5.78. The van der Waals surface area contributed by atoms with Crippen LogP contribution in [-0.2, 0) is 0 Å². The van der Waals surface area contributed by atoms with Gasteiger partial charge in [-0.3, -0.25) is 0 Å². The zero-order chi connectivity index (χ0) is 11.3.